The number of aryl methyl sites for hydroxylation is 1. The lowest BCUT2D eigenvalue weighted by atomic mass is 9.88. The highest BCUT2D eigenvalue weighted by Gasteiger charge is 2.35. The van der Waals surface area contributed by atoms with Crippen LogP contribution in [0.15, 0.2) is 40.9 Å². The molecule has 3 rings (SSSR count). The van der Waals surface area contributed by atoms with Crippen molar-refractivity contribution in [1.82, 2.24) is 10.6 Å². The maximum atomic E-state index is 11.8. The standard InChI is InChI=1S/C26H32BrN3O3/c1-5-17-10-20-23(13-26(3,4)33-25(20)21(27)11-17)29-15-24(32)22(30-16(2)31)12-18-7-6-8-19(9-18)14-28/h6-11,22-24,29,32H,5,12-13,15H2,1-4H3,(H,30,31)/t22-,23-,24-/m0/s1. The highest BCUT2D eigenvalue weighted by Crippen LogP contribution is 2.44. The molecule has 6 nitrogen and oxygen atoms in total. The van der Waals surface area contributed by atoms with E-state index in [1.165, 1.54) is 12.5 Å². The highest BCUT2D eigenvalue weighted by atomic mass is 79.9. The number of benzene rings is 2. The number of hydrogen-bond donors (Lipinski definition) is 3. The van der Waals surface area contributed by atoms with Crippen LogP contribution in [0.25, 0.3) is 0 Å². The Balaban J connectivity index is 1.78. The van der Waals surface area contributed by atoms with Gasteiger partial charge in [0.2, 0.25) is 5.91 Å². The van der Waals surface area contributed by atoms with Crippen LogP contribution in [-0.4, -0.2) is 35.3 Å². The molecule has 2 aromatic rings. The summed E-state index contributed by atoms with van der Waals surface area (Å²) >= 11 is 3.66. The number of ether oxygens (including phenoxy) is 1. The number of nitriles is 1. The molecular formula is C26H32BrN3O3. The SMILES string of the molecule is CCc1cc(Br)c2c(c1)[C@@H](NC[C@H](O)[C@H](Cc1cccc(C#N)c1)NC(C)=O)CC(C)(C)O2. The van der Waals surface area contributed by atoms with Crippen molar-refractivity contribution in [3.63, 3.8) is 0 Å². The predicted molar refractivity (Wildman–Crippen MR) is 132 cm³/mol. The normalized spacial score (nSPS) is 18.4. The summed E-state index contributed by atoms with van der Waals surface area (Å²) in [4.78, 5) is 11.8. The molecule has 176 valence electrons. The maximum Gasteiger partial charge on any atom is 0.217 e. The molecule has 3 N–H and O–H groups in total. The monoisotopic (exact) mass is 513 g/mol. The summed E-state index contributed by atoms with van der Waals surface area (Å²) in [6.07, 6.45) is 1.28. The number of fused-ring (bicyclic) bond motifs is 1. The fourth-order valence-corrected chi connectivity index (χ4v) is 4.92. The van der Waals surface area contributed by atoms with E-state index in [2.05, 4.69) is 65.5 Å². The summed E-state index contributed by atoms with van der Waals surface area (Å²) in [7, 11) is 0. The average Bonchev–Trinajstić information content (AvgIpc) is 2.76. The molecule has 1 amide bonds. The van der Waals surface area contributed by atoms with Gasteiger partial charge in [0.25, 0.3) is 0 Å². The first-order valence-corrected chi connectivity index (χ1v) is 12.1. The fourth-order valence-electron chi connectivity index (χ4n) is 4.32. The van der Waals surface area contributed by atoms with Gasteiger partial charge in [0.1, 0.15) is 11.4 Å². The van der Waals surface area contributed by atoms with Crippen molar-refractivity contribution in [2.75, 3.05) is 6.54 Å². The van der Waals surface area contributed by atoms with Crippen molar-refractivity contribution < 1.29 is 14.6 Å². The highest BCUT2D eigenvalue weighted by molar-refractivity contribution is 9.10. The largest absolute Gasteiger partial charge is 0.486 e. The van der Waals surface area contributed by atoms with Gasteiger partial charge in [0.05, 0.1) is 28.3 Å². The van der Waals surface area contributed by atoms with Gasteiger partial charge in [-0.3, -0.25) is 4.79 Å². The fraction of sp³-hybridized carbons (Fsp3) is 0.462. The Labute approximate surface area is 204 Å². The molecule has 0 aliphatic carbocycles. The third-order valence-corrected chi connectivity index (χ3v) is 6.52. The van der Waals surface area contributed by atoms with Crippen LogP contribution < -0.4 is 15.4 Å². The van der Waals surface area contributed by atoms with E-state index in [1.54, 1.807) is 12.1 Å². The summed E-state index contributed by atoms with van der Waals surface area (Å²) < 4.78 is 7.19. The van der Waals surface area contributed by atoms with Gasteiger partial charge in [-0.2, -0.15) is 5.26 Å². The number of hydrogen-bond acceptors (Lipinski definition) is 5. The summed E-state index contributed by atoms with van der Waals surface area (Å²) in [6, 6.07) is 13.1. The van der Waals surface area contributed by atoms with Gasteiger partial charge in [-0.1, -0.05) is 25.1 Å². The smallest absolute Gasteiger partial charge is 0.217 e. The van der Waals surface area contributed by atoms with Gasteiger partial charge in [0, 0.05) is 31.5 Å². The summed E-state index contributed by atoms with van der Waals surface area (Å²) in [5, 5.41) is 26.6. The van der Waals surface area contributed by atoms with Gasteiger partial charge >= 0.3 is 0 Å². The van der Waals surface area contributed by atoms with Crippen LogP contribution in [0.5, 0.6) is 5.75 Å². The second-order valence-electron chi connectivity index (χ2n) is 9.27. The van der Waals surface area contributed by atoms with E-state index in [9.17, 15) is 9.90 Å². The van der Waals surface area contributed by atoms with Gasteiger partial charge in [-0.25, -0.2) is 0 Å². The number of aliphatic hydroxyl groups excluding tert-OH is 1. The zero-order valence-electron chi connectivity index (χ0n) is 19.6. The van der Waals surface area contributed by atoms with Crippen molar-refractivity contribution in [2.45, 2.75) is 70.7 Å². The van der Waals surface area contributed by atoms with Crippen molar-refractivity contribution in [3.05, 3.63) is 63.1 Å². The third-order valence-electron chi connectivity index (χ3n) is 5.93. The first-order valence-electron chi connectivity index (χ1n) is 11.3. The topological polar surface area (TPSA) is 94.4 Å². The van der Waals surface area contributed by atoms with E-state index in [0.29, 0.717) is 18.5 Å². The lowest BCUT2D eigenvalue weighted by molar-refractivity contribution is -0.120. The number of carbonyl (C=O) groups is 1. The number of nitrogens with zero attached hydrogens (tertiary/aromatic N) is 1. The van der Waals surface area contributed by atoms with Gasteiger partial charge in [-0.15, -0.1) is 0 Å². The number of nitrogens with one attached hydrogen (secondary N) is 2. The maximum absolute atomic E-state index is 11.8. The number of carbonyl (C=O) groups excluding carboxylic acids is 1. The van der Waals surface area contributed by atoms with Gasteiger partial charge < -0.3 is 20.5 Å². The molecule has 1 heterocycles. The number of aliphatic hydroxyl groups is 1. The molecule has 0 saturated heterocycles. The van der Waals surface area contributed by atoms with Crippen molar-refractivity contribution >= 4 is 21.8 Å². The van der Waals surface area contributed by atoms with Gasteiger partial charge in [-0.05, 0) is 71.9 Å². The minimum atomic E-state index is -0.813. The average molecular weight is 514 g/mol. The van der Waals surface area contributed by atoms with Crippen LogP contribution in [0, 0.1) is 11.3 Å². The molecule has 0 radical (unpaired) electrons. The first-order chi connectivity index (χ1) is 15.6. The molecule has 33 heavy (non-hydrogen) atoms. The molecule has 0 spiro atoms. The minimum absolute atomic E-state index is 0.00101. The molecule has 1 aliphatic rings. The quantitative estimate of drug-likeness (QED) is 0.492. The molecule has 0 bridgehead atoms. The number of halogens is 1. The molecule has 0 saturated carbocycles. The second-order valence-corrected chi connectivity index (χ2v) is 10.1. The molecule has 2 aromatic carbocycles. The summed E-state index contributed by atoms with van der Waals surface area (Å²) in [5.74, 6) is 0.631. The van der Waals surface area contributed by atoms with Gasteiger partial charge in [0.15, 0.2) is 0 Å². The zero-order chi connectivity index (χ0) is 24.2. The van der Waals surface area contributed by atoms with Crippen molar-refractivity contribution in [3.8, 4) is 11.8 Å². The first kappa shape index (κ1) is 25.2. The third kappa shape index (κ3) is 6.57. The van der Waals surface area contributed by atoms with Crippen LogP contribution in [0.3, 0.4) is 0 Å². The number of amides is 1. The Kier molecular flexibility index (Phi) is 8.17. The lowest BCUT2D eigenvalue weighted by Gasteiger charge is -2.39. The van der Waals surface area contributed by atoms with Crippen molar-refractivity contribution in [1.29, 1.82) is 5.26 Å². The van der Waals surface area contributed by atoms with E-state index in [-0.39, 0.29) is 17.6 Å². The molecule has 0 aromatic heterocycles. The predicted octanol–water partition coefficient (Wildman–Crippen LogP) is 4.18. The Bertz CT molecular complexity index is 1050. The molecule has 1 aliphatic heterocycles. The molecule has 0 unspecified atom stereocenters. The van der Waals surface area contributed by atoms with Crippen molar-refractivity contribution in [2.24, 2.45) is 0 Å². The van der Waals surface area contributed by atoms with Crippen LogP contribution in [0.2, 0.25) is 0 Å². The minimum Gasteiger partial charge on any atom is -0.486 e. The Morgan fingerprint density at radius 3 is 2.76 bits per heavy atom. The Morgan fingerprint density at radius 2 is 2.09 bits per heavy atom. The Hall–Kier alpha value is -2.40. The van der Waals surface area contributed by atoms with E-state index < -0.39 is 12.1 Å². The zero-order valence-corrected chi connectivity index (χ0v) is 21.2. The van der Waals surface area contributed by atoms with E-state index in [1.807, 2.05) is 12.1 Å². The van der Waals surface area contributed by atoms with Crippen LogP contribution in [0.1, 0.15) is 62.4 Å². The van der Waals surface area contributed by atoms with E-state index >= 15 is 0 Å². The molecule has 3 atom stereocenters. The van der Waals surface area contributed by atoms with Crippen LogP contribution in [-0.2, 0) is 17.6 Å². The summed E-state index contributed by atoms with van der Waals surface area (Å²) in [5.41, 5.74) is 3.37. The Morgan fingerprint density at radius 1 is 1.33 bits per heavy atom. The number of rotatable bonds is 8. The van der Waals surface area contributed by atoms with Crippen LogP contribution in [0.4, 0.5) is 0 Å². The van der Waals surface area contributed by atoms with Crippen LogP contribution >= 0.6 is 15.9 Å². The second kappa shape index (κ2) is 10.7. The van der Waals surface area contributed by atoms with E-state index in [0.717, 1.165) is 34.2 Å². The molecule has 7 heteroatoms. The molecular weight excluding hydrogens is 482 g/mol. The lowest BCUT2D eigenvalue weighted by Crippen LogP contribution is -2.49. The van der Waals surface area contributed by atoms with E-state index in [4.69, 9.17) is 10.00 Å². The summed E-state index contributed by atoms with van der Waals surface area (Å²) in [6.45, 7) is 7.98. The molecule has 0 fully saturated rings.